The molecule has 1 aromatic rings. The molecular formula is C12H18BrNO3S2. The minimum absolute atomic E-state index is 0.312. The van der Waals surface area contributed by atoms with Crippen LogP contribution in [0, 0.1) is 0 Å². The molecule has 108 valence electrons. The van der Waals surface area contributed by atoms with Gasteiger partial charge in [-0.05, 0) is 40.2 Å². The maximum Gasteiger partial charge on any atom is 0.251 e. The molecule has 0 saturated heterocycles. The predicted octanol–water partition coefficient (Wildman–Crippen LogP) is 3.14. The average molecular weight is 368 g/mol. The lowest BCUT2D eigenvalue weighted by molar-refractivity contribution is 0.0321. The van der Waals surface area contributed by atoms with Gasteiger partial charge >= 0.3 is 0 Å². The molecular weight excluding hydrogens is 350 g/mol. The van der Waals surface area contributed by atoms with Crippen molar-refractivity contribution in [2.24, 2.45) is 0 Å². The van der Waals surface area contributed by atoms with Crippen LogP contribution in [-0.2, 0) is 14.8 Å². The highest BCUT2D eigenvalue weighted by Gasteiger charge is 2.19. The number of rotatable bonds is 6. The molecule has 4 nitrogen and oxygen atoms in total. The standard InChI is InChI=1S/C12H18BrNO3S2/c13-11-6-9-18-12(11)19(15,16)14-7-8-17-10-4-2-1-3-5-10/h6,9-10,14H,1-5,7-8H2. The first kappa shape index (κ1) is 15.4. The first-order valence-electron chi connectivity index (χ1n) is 6.44. The van der Waals surface area contributed by atoms with Gasteiger partial charge in [-0.2, -0.15) is 0 Å². The van der Waals surface area contributed by atoms with Crippen LogP contribution in [-0.4, -0.2) is 27.7 Å². The summed E-state index contributed by atoms with van der Waals surface area (Å²) in [7, 11) is -3.41. The molecule has 1 saturated carbocycles. The van der Waals surface area contributed by atoms with E-state index in [1.807, 2.05) is 0 Å². The SMILES string of the molecule is O=S(=O)(NCCOC1CCCCC1)c1sccc1Br. The summed E-state index contributed by atoms with van der Waals surface area (Å²) in [4.78, 5) is 0. The number of ether oxygens (including phenoxy) is 1. The van der Waals surface area contributed by atoms with Gasteiger partial charge in [0, 0.05) is 11.0 Å². The lowest BCUT2D eigenvalue weighted by Crippen LogP contribution is -2.29. The molecule has 1 heterocycles. The summed E-state index contributed by atoms with van der Waals surface area (Å²) in [5, 5.41) is 1.75. The second kappa shape index (κ2) is 7.17. The van der Waals surface area contributed by atoms with E-state index in [-0.39, 0.29) is 0 Å². The van der Waals surface area contributed by atoms with Gasteiger partial charge in [-0.25, -0.2) is 13.1 Å². The van der Waals surface area contributed by atoms with Gasteiger partial charge in [0.25, 0.3) is 10.0 Å². The Hall–Kier alpha value is 0.0500. The second-order valence-electron chi connectivity index (χ2n) is 4.58. The van der Waals surface area contributed by atoms with E-state index in [0.717, 1.165) is 12.8 Å². The van der Waals surface area contributed by atoms with E-state index in [0.29, 0.717) is 27.9 Å². The number of sulfonamides is 1. The molecule has 1 fully saturated rings. The van der Waals surface area contributed by atoms with Crippen molar-refractivity contribution in [2.45, 2.75) is 42.4 Å². The molecule has 1 aromatic heterocycles. The molecule has 0 radical (unpaired) electrons. The van der Waals surface area contributed by atoms with E-state index in [4.69, 9.17) is 4.74 Å². The summed E-state index contributed by atoms with van der Waals surface area (Å²) < 4.78 is 33.2. The normalized spacial score (nSPS) is 17.7. The van der Waals surface area contributed by atoms with Crippen LogP contribution in [0.1, 0.15) is 32.1 Å². The third-order valence-electron chi connectivity index (χ3n) is 3.13. The first-order chi connectivity index (χ1) is 9.09. The van der Waals surface area contributed by atoms with Crippen molar-refractivity contribution in [3.8, 4) is 0 Å². The Morgan fingerprint density at radius 1 is 1.37 bits per heavy atom. The summed E-state index contributed by atoms with van der Waals surface area (Å²) >= 11 is 4.44. The van der Waals surface area contributed by atoms with Crippen LogP contribution in [0.2, 0.25) is 0 Å². The lowest BCUT2D eigenvalue weighted by atomic mass is 9.98. The van der Waals surface area contributed by atoms with Crippen LogP contribution in [0.25, 0.3) is 0 Å². The predicted molar refractivity (Wildman–Crippen MR) is 80.0 cm³/mol. The molecule has 19 heavy (non-hydrogen) atoms. The van der Waals surface area contributed by atoms with Gasteiger partial charge in [0.15, 0.2) is 0 Å². The zero-order chi connectivity index (χ0) is 13.7. The van der Waals surface area contributed by atoms with E-state index < -0.39 is 10.0 Å². The molecule has 2 rings (SSSR count). The molecule has 0 aromatic carbocycles. The molecule has 0 bridgehead atoms. The quantitative estimate of drug-likeness (QED) is 0.785. The van der Waals surface area contributed by atoms with Gasteiger partial charge in [0.05, 0.1) is 12.7 Å². The number of halogens is 1. The minimum atomic E-state index is -3.41. The van der Waals surface area contributed by atoms with E-state index in [9.17, 15) is 8.42 Å². The molecule has 0 spiro atoms. The Labute approximate surface area is 126 Å². The fourth-order valence-corrected chi connectivity index (χ4v) is 5.56. The van der Waals surface area contributed by atoms with Crippen LogP contribution < -0.4 is 4.72 Å². The van der Waals surface area contributed by atoms with Crippen molar-refractivity contribution in [3.63, 3.8) is 0 Å². The Kier molecular flexibility index (Phi) is 5.83. The maximum atomic E-state index is 12.0. The van der Waals surface area contributed by atoms with Gasteiger partial charge in [0.1, 0.15) is 4.21 Å². The molecule has 0 amide bonds. The number of nitrogens with one attached hydrogen (secondary N) is 1. The zero-order valence-corrected chi connectivity index (χ0v) is 13.8. The zero-order valence-electron chi connectivity index (χ0n) is 10.6. The van der Waals surface area contributed by atoms with E-state index in [1.165, 1.54) is 30.6 Å². The molecule has 1 N–H and O–H groups in total. The summed E-state index contributed by atoms with van der Waals surface area (Å²) in [6.45, 7) is 0.760. The summed E-state index contributed by atoms with van der Waals surface area (Å²) in [5.41, 5.74) is 0. The topological polar surface area (TPSA) is 55.4 Å². The largest absolute Gasteiger partial charge is 0.377 e. The van der Waals surface area contributed by atoms with Crippen LogP contribution >= 0.6 is 27.3 Å². The van der Waals surface area contributed by atoms with Crippen molar-refractivity contribution in [1.29, 1.82) is 0 Å². The third-order valence-corrected chi connectivity index (χ3v) is 7.26. The lowest BCUT2D eigenvalue weighted by Gasteiger charge is -2.21. The maximum absolute atomic E-state index is 12.0. The molecule has 1 aliphatic rings. The highest BCUT2D eigenvalue weighted by atomic mass is 79.9. The Morgan fingerprint density at radius 3 is 2.74 bits per heavy atom. The van der Waals surface area contributed by atoms with Gasteiger partial charge in [0.2, 0.25) is 0 Å². The summed E-state index contributed by atoms with van der Waals surface area (Å²) in [5.74, 6) is 0. The van der Waals surface area contributed by atoms with Crippen LogP contribution in [0.4, 0.5) is 0 Å². The van der Waals surface area contributed by atoms with Crippen LogP contribution in [0.3, 0.4) is 0 Å². The Balaban J connectivity index is 1.74. The molecule has 0 atom stereocenters. The fraction of sp³-hybridized carbons (Fsp3) is 0.667. The van der Waals surface area contributed by atoms with Crippen LogP contribution in [0.15, 0.2) is 20.1 Å². The molecule has 0 unspecified atom stereocenters. The number of hydrogen-bond donors (Lipinski definition) is 1. The second-order valence-corrected chi connectivity index (χ2v) is 8.32. The number of hydrogen-bond acceptors (Lipinski definition) is 4. The van der Waals surface area contributed by atoms with Crippen molar-refractivity contribution in [1.82, 2.24) is 4.72 Å². The average Bonchev–Trinajstić information content (AvgIpc) is 2.83. The van der Waals surface area contributed by atoms with E-state index >= 15 is 0 Å². The third kappa shape index (κ3) is 4.53. The van der Waals surface area contributed by atoms with Crippen molar-refractivity contribution >= 4 is 37.3 Å². The van der Waals surface area contributed by atoms with Gasteiger partial charge < -0.3 is 4.74 Å². The smallest absolute Gasteiger partial charge is 0.251 e. The van der Waals surface area contributed by atoms with Crippen molar-refractivity contribution < 1.29 is 13.2 Å². The van der Waals surface area contributed by atoms with Crippen molar-refractivity contribution in [2.75, 3.05) is 13.2 Å². The monoisotopic (exact) mass is 367 g/mol. The Bertz CT molecular complexity index is 495. The molecule has 1 aliphatic carbocycles. The van der Waals surface area contributed by atoms with Crippen LogP contribution in [0.5, 0.6) is 0 Å². The Morgan fingerprint density at radius 2 is 2.11 bits per heavy atom. The number of thiophene rings is 1. The fourth-order valence-electron chi connectivity index (χ4n) is 2.17. The van der Waals surface area contributed by atoms with E-state index in [2.05, 4.69) is 20.7 Å². The molecule has 0 aliphatic heterocycles. The highest BCUT2D eigenvalue weighted by molar-refractivity contribution is 9.10. The van der Waals surface area contributed by atoms with Gasteiger partial charge in [-0.15, -0.1) is 11.3 Å². The van der Waals surface area contributed by atoms with Gasteiger partial charge in [-0.3, -0.25) is 0 Å². The molecule has 7 heteroatoms. The van der Waals surface area contributed by atoms with E-state index in [1.54, 1.807) is 11.4 Å². The van der Waals surface area contributed by atoms with Crippen molar-refractivity contribution in [3.05, 3.63) is 15.9 Å². The highest BCUT2D eigenvalue weighted by Crippen LogP contribution is 2.27. The minimum Gasteiger partial charge on any atom is -0.377 e. The summed E-state index contributed by atoms with van der Waals surface area (Å²) in [6, 6.07) is 1.73. The van der Waals surface area contributed by atoms with Gasteiger partial charge in [-0.1, -0.05) is 19.3 Å². The summed E-state index contributed by atoms with van der Waals surface area (Å²) in [6.07, 6.45) is 6.24. The first-order valence-corrected chi connectivity index (χ1v) is 9.59.